The van der Waals surface area contributed by atoms with E-state index in [1.807, 2.05) is 13.0 Å². The summed E-state index contributed by atoms with van der Waals surface area (Å²) in [5.74, 6) is 0.490. The third kappa shape index (κ3) is 3.42. The number of halogens is 2. The first kappa shape index (κ1) is 18.9. The van der Waals surface area contributed by atoms with Gasteiger partial charge in [0.25, 0.3) is 0 Å². The molecule has 5 aromatic rings. The minimum absolute atomic E-state index is 0.326. The van der Waals surface area contributed by atoms with Crippen LogP contribution in [0.3, 0.4) is 0 Å². The van der Waals surface area contributed by atoms with Gasteiger partial charge in [-0.1, -0.05) is 0 Å². The molecule has 3 heterocycles. The molecule has 0 fully saturated rings. The number of hydrogen-bond donors (Lipinski definition) is 1. The number of nitrogens with one attached hydrogen (secondary N) is 1. The number of hydrogen-bond acceptors (Lipinski definition) is 5. The Labute approximate surface area is 176 Å². The van der Waals surface area contributed by atoms with Crippen LogP contribution in [-0.2, 0) is 7.05 Å². The lowest BCUT2D eigenvalue weighted by molar-refractivity contribution is 0.569. The van der Waals surface area contributed by atoms with E-state index in [1.165, 1.54) is 30.7 Å². The van der Waals surface area contributed by atoms with Crippen molar-refractivity contribution >= 4 is 22.4 Å². The molecule has 0 saturated heterocycles. The summed E-state index contributed by atoms with van der Waals surface area (Å²) in [5, 5.41) is 3.19. The molecule has 0 saturated carbocycles. The highest BCUT2D eigenvalue weighted by Crippen LogP contribution is 2.31. The smallest absolute Gasteiger partial charge is 0.181 e. The Morgan fingerprint density at radius 2 is 1.77 bits per heavy atom. The molecule has 0 aliphatic carbocycles. The average Bonchev–Trinajstić information content (AvgIpc) is 3.33. The first-order valence-corrected chi connectivity index (χ1v) is 9.55. The van der Waals surface area contributed by atoms with Crippen LogP contribution in [-0.4, -0.2) is 19.5 Å². The maximum Gasteiger partial charge on any atom is 0.181 e. The molecule has 154 valence electrons. The van der Waals surface area contributed by atoms with Crippen LogP contribution in [0.25, 0.3) is 33.9 Å². The minimum atomic E-state index is -0.398. The lowest BCUT2D eigenvalue weighted by Crippen LogP contribution is -1.95. The number of nitrogens with zero attached hydrogens (tertiary/aromatic N) is 4. The van der Waals surface area contributed by atoms with Gasteiger partial charge in [-0.3, -0.25) is 4.98 Å². The Morgan fingerprint density at radius 3 is 2.45 bits per heavy atom. The lowest BCUT2D eigenvalue weighted by atomic mass is 10.2. The number of fused-ring (bicyclic) bond motifs is 1. The summed E-state index contributed by atoms with van der Waals surface area (Å²) < 4.78 is 34.8. The van der Waals surface area contributed by atoms with Crippen molar-refractivity contribution in [3.8, 4) is 22.8 Å². The quantitative estimate of drug-likeness (QED) is 0.411. The zero-order chi connectivity index (χ0) is 21.5. The molecule has 0 atom stereocenters. The Kier molecular flexibility index (Phi) is 4.47. The predicted octanol–water partition coefficient (Wildman–Crippen LogP) is 5.62. The SMILES string of the molecule is Cc1ncoc1-c1ccc(Nc2cc(F)cc3c2nc(-c2ccc(F)cc2)n3C)cn1. The standard InChI is InChI=1S/C23H17F2N5O/c1-13-22(31-12-27-13)18-8-7-17(11-26-18)28-19-9-16(25)10-20-21(19)29-23(30(20)2)14-3-5-15(24)6-4-14/h3-12,28H,1-2H3. The second-order valence-corrected chi connectivity index (χ2v) is 7.15. The van der Waals surface area contributed by atoms with Crippen molar-refractivity contribution < 1.29 is 13.2 Å². The van der Waals surface area contributed by atoms with Crippen LogP contribution in [0, 0.1) is 18.6 Å². The Bertz CT molecular complexity index is 1390. The van der Waals surface area contributed by atoms with Crippen molar-refractivity contribution in [3.05, 3.63) is 78.4 Å². The third-order valence-corrected chi connectivity index (χ3v) is 5.07. The molecule has 6 nitrogen and oxygen atoms in total. The zero-order valence-electron chi connectivity index (χ0n) is 16.7. The van der Waals surface area contributed by atoms with Crippen molar-refractivity contribution in [1.29, 1.82) is 0 Å². The van der Waals surface area contributed by atoms with Gasteiger partial charge >= 0.3 is 0 Å². The summed E-state index contributed by atoms with van der Waals surface area (Å²) in [7, 11) is 1.80. The molecule has 0 aliphatic heterocycles. The van der Waals surface area contributed by atoms with Gasteiger partial charge in [0.2, 0.25) is 0 Å². The number of pyridine rings is 1. The number of oxazole rings is 1. The zero-order valence-corrected chi connectivity index (χ0v) is 16.7. The fourth-order valence-electron chi connectivity index (χ4n) is 3.51. The molecule has 2 aromatic carbocycles. The van der Waals surface area contributed by atoms with Crippen molar-refractivity contribution in [3.63, 3.8) is 0 Å². The summed E-state index contributed by atoms with van der Waals surface area (Å²) in [5.41, 5.74) is 4.52. The predicted molar refractivity (Wildman–Crippen MR) is 114 cm³/mol. The average molecular weight is 417 g/mol. The molecule has 0 spiro atoms. The van der Waals surface area contributed by atoms with Crippen molar-refractivity contribution in [1.82, 2.24) is 19.5 Å². The van der Waals surface area contributed by atoms with E-state index in [-0.39, 0.29) is 5.82 Å². The minimum Gasteiger partial charge on any atom is -0.442 e. The van der Waals surface area contributed by atoms with E-state index in [0.717, 1.165) is 11.3 Å². The highest BCUT2D eigenvalue weighted by atomic mass is 19.1. The first-order valence-electron chi connectivity index (χ1n) is 9.55. The van der Waals surface area contributed by atoms with E-state index in [0.29, 0.717) is 39.7 Å². The fraction of sp³-hybridized carbons (Fsp3) is 0.0870. The van der Waals surface area contributed by atoms with Gasteiger partial charge < -0.3 is 14.3 Å². The number of anilines is 2. The number of aromatic nitrogens is 4. The van der Waals surface area contributed by atoms with Crippen molar-refractivity contribution in [2.45, 2.75) is 6.92 Å². The molecule has 8 heteroatoms. The topological polar surface area (TPSA) is 68.8 Å². The van der Waals surface area contributed by atoms with Crippen LogP contribution in [0.1, 0.15) is 5.69 Å². The van der Waals surface area contributed by atoms with Crippen LogP contribution >= 0.6 is 0 Å². The van der Waals surface area contributed by atoms with Gasteiger partial charge in [-0.2, -0.15) is 0 Å². The maximum atomic E-state index is 14.4. The highest BCUT2D eigenvalue weighted by molar-refractivity contribution is 5.93. The molecular formula is C23H17F2N5O. The second kappa shape index (κ2) is 7.32. The molecule has 1 N–H and O–H groups in total. The highest BCUT2D eigenvalue weighted by Gasteiger charge is 2.16. The molecule has 0 radical (unpaired) electrons. The van der Waals surface area contributed by atoms with E-state index < -0.39 is 5.82 Å². The summed E-state index contributed by atoms with van der Waals surface area (Å²) in [6.07, 6.45) is 3.01. The van der Waals surface area contributed by atoms with Gasteiger partial charge in [0.15, 0.2) is 12.2 Å². The number of benzene rings is 2. The van der Waals surface area contributed by atoms with E-state index in [1.54, 1.807) is 36.0 Å². The van der Waals surface area contributed by atoms with E-state index >= 15 is 0 Å². The van der Waals surface area contributed by atoms with Gasteiger partial charge in [-0.25, -0.2) is 18.7 Å². The molecular weight excluding hydrogens is 400 g/mol. The van der Waals surface area contributed by atoms with E-state index in [9.17, 15) is 8.78 Å². The first-order chi connectivity index (χ1) is 15.0. The molecule has 31 heavy (non-hydrogen) atoms. The van der Waals surface area contributed by atoms with Crippen molar-refractivity contribution in [2.75, 3.05) is 5.32 Å². The summed E-state index contributed by atoms with van der Waals surface area (Å²) in [6.45, 7) is 1.84. The van der Waals surface area contributed by atoms with Crippen molar-refractivity contribution in [2.24, 2.45) is 7.05 Å². The monoisotopic (exact) mass is 417 g/mol. The number of rotatable bonds is 4. The summed E-state index contributed by atoms with van der Waals surface area (Å²) in [6, 6.07) is 12.5. The lowest BCUT2D eigenvalue weighted by Gasteiger charge is -2.08. The van der Waals surface area contributed by atoms with E-state index in [4.69, 9.17) is 4.42 Å². The van der Waals surface area contributed by atoms with Crippen LogP contribution < -0.4 is 5.32 Å². The molecule has 0 aliphatic rings. The van der Waals surface area contributed by atoms with Gasteiger partial charge in [0.05, 0.1) is 28.8 Å². The Hall–Kier alpha value is -4.07. The Balaban J connectivity index is 1.53. The number of aryl methyl sites for hydroxylation is 2. The largest absolute Gasteiger partial charge is 0.442 e. The van der Waals surface area contributed by atoms with Crippen LogP contribution in [0.4, 0.5) is 20.2 Å². The molecule has 3 aromatic heterocycles. The summed E-state index contributed by atoms with van der Waals surface area (Å²) >= 11 is 0. The number of imidazole rings is 1. The maximum absolute atomic E-state index is 14.4. The van der Waals surface area contributed by atoms with Gasteiger partial charge in [-0.15, -0.1) is 0 Å². The molecule has 0 amide bonds. The van der Waals surface area contributed by atoms with Gasteiger partial charge in [0, 0.05) is 12.6 Å². The van der Waals surface area contributed by atoms with Crippen LogP contribution in [0.2, 0.25) is 0 Å². The Morgan fingerprint density at radius 1 is 0.968 bits per heavy atom. The normalized spacial score (nSPS) is 11.2. The third-order valence-electron chi connectivity index (χ3n) is 5.07. The summed E-state index contributed by atoms with van der Waals surface area (Å²) in [4.78, 5) is 13.2. The van der Waals surface area contributed by atoms with E-state index in [2.05, 4.69) is 20.3 Å². The van der Waals surface area contributed by atoms with Crippen LogP contribution in [0.15, 0.2) is 65.5 Å². The van der Waals surface area contributed by atoms with Gasteiger partial charge in [-0.05, 0) is 55.5 Å². The molecule has 0 unspecified atom stereocenters. The molecule has 0 bridgehead atoms. The molecule has 5 rings (SSSR count). The van der Waals surface area contributed by atoms with Crippen LogP contribution in [0.5, 0.6) is 0 Å². The fourth-order valence-corrected chi connectivity index (χ4v) is 3.51. The second-order valence-electron chi connectivity index (χ2n) is 7.15. The van der Waals surface area contributed by atoms with Gasteiger partial charge in [0.1, 0.15) is 28.7 Å².